The van der Waals surface area contributed by atoms with Crippen molar-refractivity contribution in [1.29, 1.82) is 0 Å². The molecule has 0 spiro atoms. The lowest BCUT2D eigenvalue weighted by Crippen LogP contribution is -2.30. The molecule has 0 fully saturated rings. The summed E-state index contributed by atoms with van der Waals surface area (Å²) in [7, 11) is 0. The SMILES string of the molecule is O=C(CCc1nn2cnnc2s1)N(Cc1ccccc1)c1ccccc1. The molecular formula is C19H17N5OS. The van der Waals surface area contributed by atoms with Gasteiger partial charge in [-0.1, -0.05) is 59.9 Å². The van der Waals surface area contributed by atoms with Crippen LogP contribution in [0.1, 0.15) is 17.0 Å². The number of aryl methyl sites for hydroxylation is 1. The van der Waals surface area contributed by atoms with Crippen molar-refractivity contribution in [2.75, 3.05) is 4.90 Å². The van der Waals surface area contributed by atoms with Gasteiger partial charge in [0.2, 0.25) is 10.9 Å². The van der Waals surface area contributed by atoms with Crippen molar-refractivity contribution in [3.05, 3.63) is 77.6 Å². The topological polar surface area (TPSA) is 63.4 Å². The molecule has 7 heteroatoms. The summed E-state index contributed by atoms with van der Waals surface area (Å²) in [4.78, 5) is 15.5. The minimum absolute atomic E-state index is 0.0750. The first kappa shape index (κ1) is 16.4. The summed E-state index contributed by atoms with van der Waals surface area (Å²) in [6.07, 6.45) is 2.56. The number of carbonyl (C=O) groups excluding carboxylic acids is 1. The van der Waals surface area contributed by atoms with Gasteiger partial charge in [-0.25, -0.2) is 0 Å². The highest BCUT2D eigenvalue weighted by molar-refractivity contribution is 7.16. The second-order valence-electron chi connectivity index (χ2n) is 5.85. The maximum Gasteiger partial charge on any atom is 0.234 e. The lowest BCUT2D eigenvalue weighted by Gasteiger charge is -2.23. The fourth-order valence-electron chi connectivity index (χ4n) is 2.75. The van der Waals surface area contributed by atoms with Crippen molar-refractivity contribution in [3.63, 3.8) is 0 Å². The average molecular weight is 363 g/mol. The van der Waals surface area contributed by atoms with Crippen molar-refractivity contribution in [2.24, 2.45) is 0 Å². The van der Waals surface area contributed by atoms with E-state index in [2.05, 4.69) is 15.3 Å². The Bertz CT molecular complexity index is 968. The lowest BCUT2D eigenvalue weighted by atomic mass is 10.1. The molecule has 6 nitrogen and oxygen atoms in total. The lowest BCUT2D eigenvalue weighted by molar-refractivity contribution is -0.118. The molecule has 0 aliphatic heterocycles. The Morgan fingerprint density at radius 2 is 1.77 bits per heavy atom. The molecule has 2 aromatic heterocycles. The van der Waals surface area contributed by atoms with Gasteiger partial charge in [-0.2, -0.15) is 9.61 Å². The van der Waals surface area contributed by atoms with Gasteiger partial charge in [0.25, 0.3) is 0 Å². The number of fused-ring (bicyclic) bond motifs is 1. The van der Waals surface area contributed by atoms with Gasteiger partial charge in [-0.3, -0.25) is 4.79 Å². The van der Waals surface area contributed by atoms with E-state index in [0.29, 0.717) is 19.4 Å². The third-order valence-electron chi connectivity index (χ3n) is 4.03. The normalized spacial score (nSPS) is 10.9. The zero-order valence-electron chi connectivity index (χ0n) is 14.0. The predicted octanol–water partition coefficient (Wildman–Crippen LogP) is 3.35. The number of nitrogens with zero attached hydrogens (tertiary/aromatic N) is 5. The summed E-state index contributed by atoms with van der Waals surface area (Å²) in [5, 5.41) is 13.1. The van der Waals surface area contributed by atoms with Crippen LogP contribution in [0.15, 0.2) is 67.0 Å². The molecule has 0 saturated heterocycles. The molecule has 0 aliphatic carbocycles. The Labute approximate surface area is 154 Å². The van der Waals surface area contributed by atoms with Crippen molar-refractivity contribution in [3.8, 4) is 0 Å². The van der Waals surface area contributed by atoms with Crippen molar-refractivity contribution >= 4 is 27.9 Å². The number of para-hydroxylation sites is 1. The van der Waals surface area contributed by atoms with E-state index in [4.69, 9.17) is 0 Å². The first-order valence-electron chi connectivity index (χ1n) is 8.35. The van der Waals surface area contributed by atoms with Gasteiger partial charge in [0.05, 0.1) is 6.54 Å². The maximum atomic E-state index is 12.9. The summed E-state index contributed by atoms with van der Waals surface area (Å²) in [6.45, 7) is 0.550. The fraction of sp³-hybridized carbons (Fsp3) is 0.158. The Balaban J connectivity index is 1.50. The van der Waals surface area contributed by atoms with E-state index in [9.17, 15) is 4.79 Å². The van der Waals surface area contributed by atoms with Crippen LogP contribution in [0.3, 0.4) is 0 Å². The Kier molecular flexibility index (Phi) is 4.70. The molecule has 4 rings (SSSR count). The first-order valence-corrected chi connectivity index (χ1v) is 9.16. The van der Waals surface area contributed by atoms with Gasteiger partial charge >= 0.3 is 0 Å². The summed E-state index contributed by atoms with van der Waals surface area (Å²) in [5.41, 5.74) is 2.00. The second kappa shape index (κ2) is 7.45. The van der Waals surface area contributed by atoms with Crippen LogP contribution in [-0.2, 0) is 17.8 Å². The number of carbonyl (C=O) groups is 1. The molecule has 130 valence electrons. The van der Waals surface area contributed by atoms with Gasteiger partial charge in [0.15, 0.2) is 0 Å². The average Bonchev–Trinajstić information content (AvgIpc) is 3.27. The highest BCUT2D eigenvalue weighted by Crippen LogP contribution is 2.20. The summed E-state index contributed by atoms with van der Waals surface area (Å²) in [6, 6.07) is 19.8. The molecule has 2 heterocycles. The molecular weight excluding hydrogens is 346 g/mol. The molecule has 0 bridgehead atoms. The van der Waals surface area contributed by atoms with Crippen LogP contribution in [0.5, 0.6) is 0 Å². The van der Waals surface area contributed by atoms with Gasteiger partial charge in [0.1, 0.15) is 11.3 Å². The van der Waals surface area contributed by atoms with Crippen molar-refractivity contribution in [1.82, 2.24) is 19.8 Å². The fourth-order valence-corrected chi connectivity index (χ4v) is 3.56. The van der Waals surface area contributed by atoms with Crippen LogP contribution in [0, 0.1) is 0 Å². The zero-order valence-corrected chi connectivity index (χ0v) is 14.8. The number of hydrogen-bond donors (Lipinski definition) is 0. The van der Waals surface area contributed by atoms with Crippen LogP contribution >= 0.6 is 11.3 Å². The monoisotopic (exact) mass is 363 g/mol. The highest BCUT2D eigenvalue weighted by atomic mass is 32.1. The van der Waals surface area contributed by atoms with Gasteiger partial charge in [0, 0.05) is 18.5 Å². The second-order valence-corrected chi connectivity index (χ2v) is 6.90. The molecule has 1 amide bonds. The van der Waals surface area contributed by atoms with E-state index in [1.807, 2.05) is 65.6 Å². The molecule has 4 aromatic rings. The molecule has 0 N–H and O–H groups in total. The third kappa shape index (κ3) is 3.62. The number of hydrogen-bond acceptors (Lipinski definition) is 5. The van der Waals surface area contributed by atoms with E-state index < -0.39 is 0 Å². The molecule has 0 radical (unpaired) electrons. The molecule has 0 unspecified atom stereocenters. The molecule has 26 heavy (non-hydrogen) atoms. The van der Waals surface area contributed by atoms with E-state index in [1.54, 1.807) is 10.8 Å². The van der Waals surface area contributed by atoms with Gasteiger partial charge < -0.3 is 4.90 Å². The van der Waals surface area contributed by atoms with E-state index >= 15 is 0 Å². The minimum atomic E-state index is 0.0750. The number of benzene rings is 2. The van der Waals surface area contributed by atoms with E-state index in [1.165, 1.54) is 11.3 Å². The van der Waals surface area contributed by atoms with E-state index in [-0.39, 0.29) is 5.91 Å². The Morgan fingerprint density at radius 1 is 1.04 bits per heavy atom. The van der Waals surface area contributed by atoms with Crippen LogP contribution < -0.4 is 4.90 Å². The third-order valence-corrected chi connectivity index (χ3v) is 5.01. The largest absolute Gasteiger partial charge is 0.308 e. The number of amides is 1. The zero-order chi connectivity index (χ0) is 17.8. The number of anilines is 1. The number of rotatable bonds is 6. The molecule has 0 atom stereocenters. The molecule has 2 aromatic carbocycles. The van der Waals surface area contributed by atoms with Crippen LogP contribution in [0.25, 0.3) is 4.96 Å². The molecule has 0 aliphatic rings. The Morgan fingerprint density at radius 3 is 2.50 bits per heavy atom. The van der Waals surface area contributed by atoms with Crippen molar-refractivity contribution in [2.45, 2.75) is 19.4 Å². The van der Waals surface area contributed by atoms with Crippen LogP contribution in [0.4, 0.5) is 5.69 Å². The Hall–Kier alpha value is -3.06. The summed E-state index contributed by atoms with van der Waals surface area (Å²) in [5.74, 6) is 0.0750. The predicted molar refractivity (Wildman–Crippen MR) is 101 cm³/mol. The van der Waals surface area contributed by atoms with Gasteiger partial charge in [-0.15, -0.1) is 10.2 Å². The summed E-state index contributed by atoms with van der Waals surface area (Å²) < 4.78 is 1.64. The maximum absolute atomic E-state index is 12.9. The van der Waals surface area contributed by atoms with Crippen molar-refractivity contribution < 1.29 is 4.79 Å². The molecule has 0 saturated carbocycles. The minimum Gasteiger partial charge on any atom is -0.308 e. The summed E-state index contributed by atoms with van der Waals surface area (Å²) >= 11 is 1.46. The van der Waals surface area contributed by atoms with Crippen LogP contribution in [0.2, 0.25) is 0 Å². The highest BCUT2D eigenvalue weighted by Gasteiger charge is 2.17. The standard InChI is InChI=1S/C19H17N5OS/c25-18(12-11-17-22-24-14-20-21-19(24)26-17)23(16-9-5-2-6-10-16)13-15-7-3-1-4-8-15/h1-10,14H,11-13H2. The quantitative estimate of drug-likeness (QED) is 0.527. The van der Waals surface area contributed by atoms with Crippen LogP contribution in [-0.4, -0.2) is 25.7 Å². The number of aromatic nitrogens is 4. The smallest absolute Gasteiger partial charge is 0.234 e. The first-order chi connectivity index (χ1) is 12.8. The van der Waals surface area contributed by atoms with E-state index in [0.717, 1.165) is 21.2 Å². The van der Waals surface area contributed by atoms with Gasteiger partial charge in [-0.05, 0) is 17.7 Å².